The third-order valence-electron chi connectivity index (χ3n) is 3.56. The van der Waals surface area contributed by atoms with Gasteiger partial charge in [-0.05, 0) is 18.6 Å². The maximum Gasteiger partial charge on any atom is 0.0946 e. The van der Waals surface area contributed by atoms with E-state index in [4.69, 9.17) is 4.98 Å². The Kier molecular flexibility index (Phi) is 3.69. The molecule has 0 fully saturated rings. The summed E-state index contributed by atoms with van der Waals surface area (Å²) < 4.78 is 0. The van der Waals surface area contributed by atoms with Crippen LogP contribution in [0, 0.1) is 0 Å². The highest BCUT2D eigenvalue weighted by Gasteiger charge is 2.07. The van der Waals surface area contributed by atoms with Crippen molar-refractivity contribution in [3.8, 4) is 11.3 Å². The second-order valence-corrected chi connectivity index (χ2v) is 4.91. The maximum atomic E-state index is 4.86. The zero-order chi connectivity index (χ0) is 14.7. The van der Waals surface area contributed by atoms with E-state index in [-0.39, 0.29) is 0 Å². The Bertz CT molecular complexity index is 789. The fraction of sp³-hybridized carbons (Fsp3) is 0.105. The molecular weight excluding hydrogens is 256 g/mol. The number of anilines is 1. The molecule has 0 unspecified atom stereocenters. The van der Waals surface area contributed by atoms with Crippen molar-refractivity contribution in [1.82, 2.24) is 4.98 Å². The fourth-order valence-corrected chi connectivity index (χ4v) is 2.56. The van der Waals surface area contributed by atoms with E-state index < -0.39 is 0 Å². The topological polar surface area (TPSA) is 24.9 Å². The van der Waals surface area contributed by atoms with Gasteiger partial charge in [-0.2, -0.15) is 0 Å². The summed E-state index contributed by atoms with van der Waals surface area (Å²) in [5, 5.41) is 4.43. The first-order valence-corrected chi connectivity index (χ1v) is 7.13. The summed E-state index contributed by atoms with van der Waals surface area (Å²) >= 11 is 0. The molecule has 0 spiro atoms. The number of hydrogen-bond donors (Lipinski definition) is 1. The quantitative estimate of drug-likeness (QED) is 0.729. The summed E-state index contributed by atoms with van der Waals surface area (Å²) in [4.78, 5) is 4.86. The van der Waals surface area contributed by atoms with Crippen molar-refractivity contribution in [2.45, 2.75) is 6.92 Å². The lowest BCUT2D eigenvalue weighted by atomic mass is 10.1. The SMILES string of the molecule is C/C=C\c1ccc2ccc(-c3ccccc3)nc2c1NC. The highest BCUT2D eigenvalue weighted by atomic mass is 14.9. The number of aromatic nitrogens is 1. The third-order valence-corrected chi connectivity index (χ3v) is 3.56. The minimum absolute atomic E-state index is 0.997. The Morgan fingerprint density at radius 3 is 2.43 bits per heavy atom. The van der Waals surface area contributed by atoms with Crippen molar-refractivity contribution in [1.29, 1.82) is 0 Å². The van der Waals surface area contributed by atoms with Crippen LogP contribution in [0.5, 0.6) is 0 Å². The second-order valence-electron chi connectivity index (χ2n) is 4.91. The highest BCUT2D eigenvalue weighted by molar-refractivity contribution is 5.96. The van der Waals surface area contributed by atoms with Crippen LogP contribution in [0.4, 0.5) is 5.69 Å². The normalized spacial score (nSPS) is 11.1. The van der Waals surface area contributed by atoms with Crippen LogP contribution in [0.3, 0.4) is 0 Å². The van der Waals surface area contributed by atoms with Crippen molar-refractivity contribution in [2.24, 2.45) is 0 Å². The lowest BCUT2D eigenvalue weighted by Crippen LogP contribution is -1.96. The van der Waals surface area contributed by atoms with Gasteiger partial charge in [0.2, 0.25) is 0 Å². The fourth-order valence-electron chi connectivity index (χ4n) is 2.56. The van der Waals surface area contributed by atoms with E-state index in [0.29, 0.717) is 0 Å². The Morgan fingerprint density at radius 2 is 1.71 bits per heavy atom. The van der Waals surface area contributed by atoms with E-state index in [2.05, 4.69) is 47.8 Å². The van der Waals surface area contributed by atoms with E-state index in [1.807, 2.05) is 38.2 Å². The molecule has 0 aliphatic heterocycles. The molecule has 0 aliphatic carbocycles. The minimum Gasteiger partial charge on any atom is -0.386 e. The summed E-state index contributed by atoms with van der Waals surface area (Å²) in [6.45, 7) is 2.03. The van der Waals surface area contributed by atoms with Crippen LogP contribution in [-0.2, 0) is 0 Å². The van der Waals surface area contributed by atoms with Crippen LogP contribution in [-0.4, -0.2) is 12.0 Å². The first-order valence-electron chi connectivity index (χ1n) is 7.13. The Labute approximate surface area is 125 Å². The monoisotopic (exact) mass is 274 g/mol. The highest BCUT2D eigenvalue weighted by Crippen LogP contribution is 2.29. The van der Waals surface area contributed by atoms with Gasteiger partial charge in [-0.25, -0.2) is 4.98 Å². The van der Waals surface area contributed by atoms with Crippen LogP contribution < -0.4 is 5.32 Å². The lowest BCUT2D eigenvalue weighted by Gasteiger charge is -2.11. The van der Waals surface area contributed by atoms with Crippen LogP contribution in [0.1, 0.15) is 12.5 Å². The number of hydrogen-bond acceptors (Lipinski definition) is 2. The van der Waals surface area contributed by atoms with Gasteiger partial charge in [-0.15, -0.1) is 0 Å². The molecule has 2 aromatic carbocycles. The first-order chi connectivity index (χ1) is 10.3. The number of benzene rings is 2. The van der Waals surface area contributed by atoms with E-state index >= 15 is 0 Å². The zero-order valence-electron chi connectivity index (χ0n) is 12.3. The van der Waals surface area contributed by atoms with Gasteiger partial charge >= 0.3 is 0 Å². The van der Waals surface area contributed by atoms with Crippen LogP contribution in [0.25, 0.3) is 28.2 Å². The van der Waals surface area contributed by atoms with E-state index in [1.54, 1.807) is 0 Å². The molecule has 3 rings (SSSR count). The van der Waals surface area contributed by atoms with E-state index in [1.165, 1.54) is 0 Å². The summed E-state index contributed by atoms with van der Waals surface area (Å²) in [6, 6.07) is 18.7. The average Bonchev–Trinajstić information content (AvgIpc) is 2.55. The van der Waals surface area contributed by atoms with Crippen LogP contribution in [0.15, 0.2) is 60.7 Å². The molecule has 1 heterocycles. The van der Waals surface area contributed by atoms with Crippen molar-refractivity contribution >= 4 is 22.7 Å². The van der Waals surface area contributed by atoms with Crippen molar-refractivity contribution in [3.63, 3.8) is 0 Å². The summed E-state index contributed by atoms with van der Waals surface area (Å²) in [5.41, 5.74) is 5.37. The first kappa shape index (κ1) is 13.4. The van der Waals surface area contributed by atoms with Gasteiger partial charge in [0.25, 0.3) is 0 Å². The Balaban J connectivity index is 2.24. The number of nitrogens with one attached hydrogen (secondary N) is 1. The number of pyridine rings is 1. The number of fused-ring (bicyclic) bond motifs is 1. The minimum atomic E-state index is 0.997. The standard InChI is InChI=1S/C19H18N2/c1-3-7-15-10-11-16-12-13-17(14-8-5-4-6-9-14)21-19(16)18(15)20-2/h3-13,20H,1-2H3/b7-3-. The molecule has 0 amide bonds. The molecule has 21 heavy (non-hydrogen) atoms. The third kappa shape index (κ3) is 2.52. The van der Waals surface area contributed by atoms with Gasteiger partial charge in [0.05, 0.1) is 16.9 Å². The predicted molar refractivity (Wildman–Crippen MR) is 91.4 cm³/mol. The van der Waals surface area contributed by atoms with Crippen molar-refractivity contribution in [3.05, 3.63) is 66.2 Å². The van der Waals surface area contributed by atoms with Gasteiger partial charge < -0.3 is 5.32 Å². The largest absolute Gasteiger partial charge is 0.386 e. The Hall–Kier alpha value is -2.61. The summed E-state index contributed by atoms with van der Waals surface area (Å²) in [6.07, 6.45) is 4.14. The second kappa shape index (κ2) is 5.80. The molecule has 1 aromatic heterocycles. The van der Waals surface area contributed by atoms with Crippen LogP contribution >= 0.6 is 0 Å². The molecule has 0 radical (unpaired) electrons. The molecule has 104 valence electrons. The summed E-state index contributed by atoms with van der Waals surface area (Å²) in [7, 11) is 1.94. The number of nitrogens with zero attached hydrogens (tertiary/aromatic N) is 1. The molecule has 1 N–H and O–H groups in total. The smallest absolute Gasteiger partial charge is 0.0946 e. The molecule has 0 aliphatic rings. The number of rotatable bonds is 3. The molecule has 2 nitrogen and oxygen atoms in total. The van der Waals surface area contributed by atoms with E-state index in [9.17, 15) is 0 Å². The zero-order valence-corrected chi connectivity index (χ0v) is 12.3. The van der Waals surface area contributed by atoms with Crippen molar-refractivity contribution in [2.75, 3.05) is 12.4 Å². The summed E-state index contributed by atoms with van der Waals surface area (Å²) in [5.74, 6) is 0. The molecule has 2 heteroatoms. The van der Waals surface area contributed by atoms with Crippen LogP contribution in [0.2, 0.25) is 0 Å². The van der Waals surface area contributed by atoms with E-state index in [0.717, 1.165) is 33.4 Å². The Morgan fingerprint density at radius 1 is 0.952 bits per heavy atom. The van der Waals surface area contributed by atoms with Gasteiger partial charge in [-0.3, -0.25) is 0 Å². The van der Waals surface area contributed by atoms with Gasteiger partial charge in [0, 0.05) is 18.0 Å². The van der Waals surface area contributed by atoms with Gasteiger partial charge in [0.15, 0.2) is 0 Å². The number of allylic oxidation sites excluding steroid dienone is 1. The molecule has 3 aromatic rings. The lowest BCUT2D eigenvalue weighted by molar-refractivity contribution is 1.38. The van der Waals surface area contributed by atoms with Gasteiger partial charge in [-0.1, -0.05) is 60.7 Å². The average molecular weight is 274 g/mol. The molecule has 0 saturated carbocycles. The molecule has 0 atom stereocenters. The predicted octanol–water partition coefficient (Wildman–Crippen LogP) is 4.98. The molecule has 0 bridgehead atoms. The molecular formula is C19H18N2. The maximum absolute atomic E-state index is 4.86. The molecule has 0 saturated heterocycles. The van der Waals surface area contributed by atoms with Gasteiger partial charge in [0.1, 0.15) is 0 Å². The van der Waals surface area contributed by atoms with Crippen molar-refractivity contribution < 1.29 is 0 Å².